The molecule has 5 aliphatic carbocycles. The molecule has 65 heavy (non-hydrogen) atoms. The smallest absolute Gasteiger partial charge is 0.187 e. The SMILES string of the molecule is COC1C=C2C3CC(C)(C)CCC3(CO)CCC2(C)C2(C)CCC3C(C)(CO)C(OC4OC(C)C(O)C(OC5OC(CO)C(OC6OC(CO)C(O)C6O)C(O)C5O)C4O)CCC3(C)C12. The lowest BCUT2D eigenvalue weighted by Crippen LogP contribution is -2.69. The summed E-state index contributed by atoms with van der Waals surface area (Å²) in [5, 5.41) is 108. The van der Waals surface area contributed by atoms with Gasteiger partial charge in [-0.05, 0) is 98.2 Å². The number of ether oxygens (including phenoxy) is 7. The van der Waals surface area contributed by atoms with Crippen LogP contribution in [0.2, 0.25) is 0 Å². The minimum atomic E-state index is -1.85. The standard InChI is InChI=1S/C48H80O17/c1-23-31(53)38(65-41-35(57)33(55)37(28(20-50)62-41)64-40-34(56)32(54)27(19-49)61-40)36(58)42(60-23)63-30-10-11-44(4)29(45(30,5)21-51)9-12-47(7)39(44)26(59-8)17-24-25-18-43(2,3)13-15-48(25,22-52)16-14-46(24,47)6/h17,23,25-42,49-58H,9-16,18-22H2,1-8H3. The predicted molar refractivity (Wildman–Crippen MR) is 230 cm³/mol. The molecular formula is C48H80O17. The van der Waals surface area contributed by atoms with Gasteiger partial charge in [-0.3, -0.25) is 0 Å². The maximum absolute atomic E-state index is 11.9. The monoisotopic (exact) mass is 929 g/mol. The van der Waals surface area contributed by atoms with Crippen molar-refractivity contribution in [2.24, 2.45) is 50.2 Å². The van der Waals surface area contributed by atoms with E-state index in [4.69, 9.17) is 33.2 Å². The minimum Gasteiger partial charge on any atom is -0.396 e. The highest BCUT2D eigenvalue weighted by Gasteiger charge is 2.71. The fourth-order valence-corrected chi connectivity index (χ4v) is 15.2. The fraction of sp³-hybridized carbons (Fsp3) is 0.958. The lowest BCUT2D eigenvalue weighted by atomic mass is 9.33. The highest BCUT2D eigenvalue weighted by atomic mass is 16.8. The van der Waals surface area contributed by atoms with Crippen LogP contribution in [-0.2, 0) is 33.2 Å². The molecule has 4 saturated carbocycles. The van der Waals surface area contributed by atoms with Crippen LogP contribution in [0.25, 0.3) is 0 Å². The van der Waals surface area contributed by atoms with Crippen LogP contribution in [-0.4, -0.2) is 183 Å². The van der Waals surface area contributed by atoms with Crippen LogP contribution in [0.5, 0.6) is 0 Å². The van der Waals surface area contributed by atoms with Gasteiger partial charge in [0, 0.05) is 30.5 Å². The van der Waals surface area contributed by atoms with Crippen molar-refractivity contribution in [3.63, 3.8) is 0 Å². The Morgan fingerprint density at radius 2 is 1.25 bits per heavy atom. The highest BCUT2D eigenvalue weighted by Crippen LogP contribution is 2.76. The summed E-state index contributed by atoms with van der Waals surface area (Å²) in [6.45, 7) is 14.3. The van der Waals surface area contributed by atoms with Gasteiger partial charge in [-0.25, -0.2) is 0 Å². The Labute approximate surface area is 383 Å². The van der Waals surface area contributed by atoms with Gasteiger partial charge in [-0.15, -0.1) is 0 Å². The summed E-state index contributed by atoms with van der Waals surface area (Å²) in [6.07, 6.45) is -11.0. The van der Waals surface area contributed by atoms with Crippen LogP contribution in [0.15, 0.2) is 11.6 Å². The van der Waals surface area contributed by atoms with Gasteiger partial charge < -0.3 is 84.2 Å². The van der Waals surface area contributed by atoms with Gasteiger partial charge >= 0.3 is 0 Å². The largest absolute Gasteiger partial charge is 0.396 e. The highest BCUT2D eigenvalue weighted by molar-refractivity contribution is 5.36. The molecule has 374 valence electrons. The van der Waals surface area contributed by atoms with E-state index in [-0.39, 0.29) is 64.1 Å². The van der Waals surface area contributed by atoms with E-state index in [0.29, 0.717) is 6.42 Å². The summed E-state index contributed by atoms with van der Waals surface area (Å²) in [5.41, 5.74) is 0.218. The fourth-order valence-electron chi connectivity index (χ4n) is 15.2. The molecule has 10 N–H and O–H groups in total. The molecule has 24 unspecified atom stereocenters. The van der Waals surface area contributed by atoms with Crippen molar-refractivity contribution in [1.29, 1.82) is 0 Å². The zero-order valence-corrected chi connectivity index (χ0v) is 39.6. The number of rotatable bonds is 11. The molecular weight excluding hydrogens is 849 g/mol. The van der Waals surface area contributed by atoms with Crippen molar-refractivity contribution in [3.8, 4) is 0 Å². The van der Waals surface area contributed by atoms with E-state index in [2.05, 4.69) is 47.6 Å². The first-order chi connectivity index (χ1) is 30.5. The molecule has 8 rings (SSSR count). The molecule has 3 saturated heterocycles. The first-order valence-electron chi connectivity index (χ1n) is 24.2. The lowest BCUT2D eigenvalue weighted by molar-refractivity contribution is -0.374. The van der Waals surface area contributed by atoms with Crippen LogP contribution in [0, 0.1) is 50.2 Å². The summed E-state index contributed by atoms with van der Waals surface area (Å²) < 4.78 is 42.3. The molecule has 0 aromatic rings. The van der Waals surface area contributed by atoms with Crippen molar-refractivity contribution in [3.05, 3.63) is 11.6 Å². The van der Waals surface area contributed by atoms with Crippen LogP contribution >= 0.6 is 0 Å². The number of methoxy groups -OCH3 is 1. The maximum atomic E-state index is 11.9. The van der Waals surface area contributed by atoms with Crippen LogP contribution in [0.1, 0.15) is 106 Å². The van der Waals surface area contributed by atoms with Gasteiger partial charge in [0.05, 0.1) is 38.1 Å². The van der Waals surface area contributed by atoms with Gasteiger partial charge in [0.25, 0.3) is 0 Å². The second-order valence-corrected chi connectivity index (χ2v) is 23.2. The predicted octanol–water partition coefficient (Wildman–Crippen LogP) is 0.878. The average molecular weight is 929 g/mol. The van der Waals surface area contributed by atoms with Crippen molar-refractivity contribution in [1.82, 2.24) is 0 Å². The Hall–Kier alpha value is -0.940. The number of allylic oxidation sites excluding steroid dienone is 1. The second kappa shape index (κ2) is 18.0. The molecule has 24 atom stereocenters. The molecule has 3 aliphatic heterocycles. The molecule has 0 bridgehead atoms. The van der Waals surface area contributed by atoms with Crippen molar-refractivity contribution in [2.45, 2.75) is 204 Å². The number of hydrogen-bond donors (Lipinski definition) is 10. The first-order valence-corrected chi connectivity index (χ1v) is 24.2. The van der Waals surface area contributed by atoms with Crippen molar-refractivity contribution in [2.75, 3.05) is 33.5 Å². The van der Waals surface area contributed by atoms with Crippen LogP contribution < -0.4 is 0 Å². The van der Waals surface area contributed by atoms with Crippen LogP contribution in [0.3, 0.4) is 0 Å². The summed E-state index contributed by atoms with van der Waals surface area (Å²) in [7, 11) is 1.81. The van der Waals surface area contributed by atoms with E-state index >= 15 is 0 Å². The normalized spacial score (nSPS) is 55.4. The number of fused-ring (bicyclic) bond motifs is 7. The second-order valence-electron chi connectivity index (χ2n) is 23.2. The van der Waals surface area contributed by atoms with Gasteiger partial charge in [0.1, 0.15) is 61.0 Å². The molecule has 3 heterocycles. The molecule has 0 amide bonds. The number of aliphatic hydroxyl groups excluding tert-OH is 10. The first kappa shape index (κ1) is 50.4. The van der Waals surface area contributed by atoms with Gasteiger partial charge in [-0.2, -0.15) is 0 Å². The Bertz CT molecular complexity index is 1720. The number of aliphatic hydroxyl groups is 10. The molecule has 8 aliphatic rings. The van der Waals surface area contributed by atoms with E-state index in [1.807, 2.05) is 7.11 Å². The Kier molecular flexibility index (Phi) is 14.0. The Morgan fingerprint density at radius 3 is 1.86 bits per heavy atom. The molecule has 0 aromatic carbocycles. The van der Waals surface area contributed by atoms with Gasteiger partial charge in [0.15, 0.2) is 18.9 Å². The molecule has 0 radical (unpaired) electrons. The van der Waals surface area contributed by atoms with Crippen LogP contribution in [0.4, 0.5) is 0 Å². The maximum Gasteiger partial charge on any atom is 0.187 e. The van der Waals surface area contributed by atoms with E-state index < -0.39 is 111 Å². The Balaban J connectivity index is 1.00. The quantitative estimate of drug-likeness (QED) is 0.102. The summed E-state index contributed by atoms with van der Waals surface area (Å²) in [6, 6.07) is 0. The van der Waals surface area contributed by atoms with Gasteiger partial charge in [0.2, 0.25) is 0 Å². The molecule has 17 nitrogen and oxygen atoms in total. The van der Waals surface area contributed by atoms with E-state index in [1.165, 1.54) is 5.57 Å². The third kappa shape index (κ3) is 7.85. The van der Waals surface area contributed by atoms with E-state index in [9.17, 15) is 51.1 Å². The summed E-state index contributed by atoms with van der Waals surface area (Å²) in [5.74, 6) is 0.387. The lowest BCUT2D eigenvalue weighted by Gasteiger charge is -2.72. The van der Waals surface area contributed by atoms with Gasteiger partial charge in [-0.1, -0.05) is 53.2 Å². The zero-order valence-electron chi connectivity index (χ0n) is 39.6. The summed E-state index contributed by atoms with van der Waals surface area (Å²) in [4.78, 5) is 0. The molecule has 0 spiro atoms. The molecule has 7 fully saturated rings. The average Bonchev–Trinajstić information content (AvgIpc) is 3.55. The summed E-state index contributed by atoms with van der Waals surface area (Å²) >= 11 is 0. The third-order valence-corrected chi connectivity index (χ3v) is 19.4. The van der Waals surface area contributed by atoms with E-state index in [1.54, 1.807) is 6.92 Å². The van der Waals surface area contributed by atoms with Crippen molar-refractivity contribution < 1.29 is 84.2 Å². The number of hydrogen-bond acceptors (Lipinski definition) is 17. The van der Waals surface area contributed by atoms with Crippen molar-refractivity contribution >= 4 is 0 Å². The van der Waals surface area contributed by atoms with E-state index in [0.717, 1.165) is 51.4 Å². The zero-order chi connectivity index (χ0) is 47.4. The molecule has 17 heteroatoms. The minimum absolute atomic E-state index is 0.0102. The third-order valence-electron chi connectivity index (χ3n) is 19.4. The molecule has 0 aromatic heterocycles. The Morgan fingerprint density at radius 1 is 0.631 bits per heavy atom. The topological polar surface area (TPSA) is 267 Å².